The van der Waals surface area contributed by atoms with Crippen LogP contribution in [0.1, 0.15) is 22.5 Å². The third-order valence-electron chi connectivity index (χ3n) is 4.11. The maximum absolute atomic E-state index is 13.4. The Labute approximate surface area is 147 Å². The van der Waals surface area contributed by atoms with Crippen molar-refractivity contribution in [3.8, 4) is 0 Å². The van der Waals surface area contributed by atoms with Crippen molar-refractivity contribution in [3.05, 3.63) is 52.3 Å². The fourth-order valence-corrected chi connectivity index (χ4v) is 2.59. The summed E-state index contributed by atoms with van der Waals surface area (Å²) >= 11 is 0. The molecule has 0 saturated heterocycles. The van der Waals surface area contributed by atoms with Gasteiger partial charge < -0.3 is 15.2 Å². The first-order valence-electron chi connectivity index (χ1n) is 9.45. The van der Waals surface area contributed by atoms with Gasteiger partial charge >= 0.3 is 0 Å². The Balaban J connectivity index is 1.82. The molecule has 1 fully saturated rings. The van der Waals surface area contributed by atoms with Crippen LogP contribution in [0.5, 0.6) is 0 Å². The molecule has 0 aromatic carbocycles. The number of pyridine rings is 3. The van der Waals surface area contributed by atoms with Crippen molar-refractivity contribution in [2.45, 2.75) is 25.8 Å². The van der Waals surface area contributed by atoms with Crippen LogP contribution in [0.3, 0.4) is 0 Å². The number of nitrogens with zero attached hydrogens (tertiary/aromatic N) is 3. The van der Waals surface area contributed by atoms with Gasteiger partial charge in [-0.15, -0.1) is 0 Å². The van der Waals surface area contributed by atoms with E-state index in [1.807, 2.05) is 0 Å². The van der Waals surface area contributed by atoms with Gasteiger partial charge in [-0.05, 0) is 48.9 Å². The summed E-state index contributed by atoms with van der Waals surface area (Å²) < 4.78 is 36.8. The Morgan fingerprint density at radius 3 is 2.92 bits per heavy atom. The number of aryl methyl sites for hydroxylation is 2. The average Bonchev–Trinajstić information content (AvgIpc) is 3.41. The molecule has 2 N–H and O–H groups in total. The molecule has 0 bridgehead atoms. The van der Waals surface area contributed by atoms with Crippen molar-refractivity contribution in [2.24, 2.45) is 6.98 Å². The minimum Gasteiger partial charge on any atom is -0.367 e. The number of anilines is 3. The van der Waals surface area contributed by atoms with Gasteiger partial charge in [0.1, 0.15) is 23.3 Å². The second kappa shape index (κ2) is 5.84. The van der Waals surface area contributed by atoms with E-state index in [2.05, 4.69) is 20.6 Å². The maximum atomic E-state index is 13.4. The Kier molecular flexibility index (Phi) is 2.90. The molecule has 1 saturated carbocycles. The molecule has 3 heterocycles. The first-order valence-corrected chi connectivity index (χ1v) is 7.95. The van der Waals surface area contributed by atoms with Crippen LogP contribution in [-0.2, 0) is 6.98 Å². The van der Waals surface area contributed by atoms with Gasteiger partial charge in [-0.2, -0.15) is 0 Å². The standard InChI is InChI=1S/C18H18FN5O/c1-10-7-14(20-9-13(10)19)22-15-8-11-5-6-24(2)18(25)16(11)17(23-15)21-12-3-4-12/h5-9,12H,3-4H2,1-2H3,(H2,20,21,22,23)/i2D3. The molecule has 3 aromatic heterocycles. The van der Waals surface area contributed by atoms with E-state index < -0.39 is 18.4 Å². The summed E-state index contributed by atoms with van der Waals surface area (Å²) in [6.45, 7) is -0.942. The summed E-state index contributed by atoms with van der Waals surface area (Å²) in [4.78, 5) is 21.3. The molecule has 0 spiro atoms. The molecule has 0 atom stereocenters. The van der Waals surface area contributed by atoms with Crippen molar-refractivity contribution in [1.82, 2.24) is 14.5 Å². The summed E-state index contributed by atoms with van der Waals surface area (Å²) in [6, 6.07) is 4.97. The van der Waals surface area contributed by atoms with Gasteiger partial charge in [0.15, 0.2) is 0 Å². The zero-order chi connectivity index (χ0) is 20.1. The lowest BCUT2D eigenvalue weighted by Crippen LogP contribution is -2.18. The highest BCUT2D eigenvalue weighted by molar-refractivity contribution is 5.93. The van der Waals surface area contributed by atoms with E-state index in [9.17, 15) is 9.18 Å². The van der Waals surface area contributed by atoms with Crippen LogP contribution in [0.2, 0.25) is 0 Å². The molecule has 7 heteroatoms. The lowest BCUT2D eigenvalue weighted by atomic mass is 10.2. The van der Waals surface area contributed by atoms with E-state index in [1.165, 1.54) is 6.20 Å². The highest BCUT2D eigenvalue weighted by Crippen LogP contribution is 2.29. The van der Waals surface area contributed by atoms with Gasteiger partial charge in [-0.1, -0.05) is 0 Å². The van der Waals surface area contributed by atoms with Gasteiger partial charge in [0, 0.05) is 23.3 Å². The van der Waals surface area contributed by atoms with Gasteiger partial charge in [0.05, 0.1) is 11.6 Å². The van der Waals surface area contributed by atoms with E-state index in [0.29, 0.717) is 28.4 Å². The minimum absolute atomic E-state index is 0.206. The average molecular weight is 342 g/mol. The second-order valence-corrected chi connectivity index (χ2v) is 6.17. The molecule has 1 aliphatic rings. The fraction of sp³-hybridized carbons (Fsp3) is 0.278. The van der Waals surface area contributed by atoms with E-state index in [-0.39, 0.29) is 11.4 Å². The second-order valence-electron chi connectivity index (χ2n) is 6.17. The molecule has 25 heavy (non-hydrogen) atoms. The fourth-order valence-electron chi connectivity index (χ4n) is 2.59. The Hall–Kier alpha value is -2.96. The van der Waals surface area contributed by atoms with Crippen molar-refractivity contribution in [2.75, 3.05) is 10.6 Å². The third-order valence-corrected chi connectivity index (χ3v) is 4.11. The molecule has 1 aliphatic carbocycles. The SMILES string of the molecule is [2H]C([2H])([2H])n1ccc2cc(Nc3cc(C)c(F)cn3)nc(NC3CC3)c2c1=O. The summed E-state index contributed by atoms with van der Waals surface area (Å²) in [5, 5.41) is 6.98. The number of nitrogens with one attached hydrogen (secondary N) is 2. The third kappa shape index (κ3) is 3.05. The molecule has 0 aliphatic heterocycles. The molecule has 3 aromatic rings. The van der Waals surface area contributed by atoms with E-state index in [1.54, 1.807) is 25.1 Å². The number of halogens is 1. The zero-order valence-electron chi connectivity index (χ0n) is 16.5. The lowest BCUT2D eigenvalue weighted by molar-refractivity contribution is 0.612. The lowest BCUT2D eigenvalue weighted by Gasteiger charge is -2.12. The first kappa shape index (κ1) is 12.4. The van der Waals surface area contributed by atoms with E-state index >= 15 is 0 Å². The van der Waals surface area contributed by atoms with Crippen molar-refractivity contribution in [3.63, 3.8) is 0 Å². The highest BCUT2D eigenvalue weighted by atomic mass is 19.1. The topological polar surface area (TPSA) is 71.8 Å². The smallest absolute Gasteiger partial charge is 0.261 e. The number of hydrogen-bond acceptors (Lipinski definition) is 5. The molecule has 6 nitrogen and oxygen atoms in total. The summed E-state index contributed by atoms with van der Waals surface area (Å²) in [6.07, 6.45) is 4.29. The number of aromatic nitrogens is 3. The molecular formula is C18H18FN5O. The monoisotopic (exact) mass is 342 g/mol. The van der Waals surface area contributed by atoms with Crippen LogP contribution in [0.4, 0.5) is 21.8 Å². The Bertz CT molecular complexity index is 1120. The van der Waals surface area contributed by atoms with Gasteiger partial charge in [0.25, 0.3) is 5.56 Å². The first-order chi connectivity index (χ1) is 13.2. The van der Waals surface area contributed by atoms with E-state index in [0.717, 1.165) is 23.6 Å². The van der Waals surface area contributed by atoms with Crippen molar-refractivity contribution < 1.29 is 8.50 Å². The summed E-state index contributed by atoms with van der Waals surface area (Å²) in [7, 11) is 0. The van der Waals surface area contributed by atoms with Crippen LogP contribution in [-0.4, -0.2) is 20.6 Å². The predicted molar refractivity (Wildman–Crippen MR) is 95.8 cm³/mol. The van der Waals surface area contributed by atoms with Gasteiger partial charge in [-0.3, -0.25) is 4.79 Å². The molecule has 0 amide bonds. The van der Waals surface area contributed by atoms with Gasteiger partial charge in [-0.25, -0.2) is 14.4 Å². The Morgan fingerprint density at radius 1 is 1.36 bits per heavy atom. The number of hydrogen-bond donors (Lipinski definition) is 2. The minimum atomic E-state index is -2.57. The molecular weight excluding hydrogens is 321 g/mol. The van der Waals surface area contributed by atoms with Gasteiger partial charge in [0.2, 0.25) is 0 Å². The van der Waals surface area contributed by atoms with E-state index in [4.69, 9.17) is 4.11 Å². The predicted octanol–water partition coefficient (Wildman–Crippen LogP) is 3.09. The quantitative estimate of drug-likeness (QED) is 0.762. The number of rotatable bonds is 4. The molecule has 128 valence electrons. The Morgan fingerprint density at radius 2 is 2.20 bits per heavy atom. The van der Waals surface area contributed by atoms with Crippen LogP contribution in [0, 0.1) is 12.7 Å². The summed E-state index contributed by atoms with van der Waals surface area (Å²) in [5.74, 6) is 0.752. The molecule has 0 unspecified atom stereocenters. The molecule has 4 rings (SSSR count). The van der Waals surface area contributed by atoms with Crippen LogP contribution >= 0.6 is 0 Å². The number of fused-ring (bicyclic) bond motifs is 1. The van der Waals surface area contributed by atoms with Crippen LogP contribution < -0.4 is 16.2 Å². The highest BCUT2D eigenvalue weighted by Gasteiger charge is 2.23. The van der Waals surface area contributed by atoms with Crippen LogP contribution in [0.15, 0.2) is 35.4 Å². The van der Waals surface area contributed by atoms with Crippen molar-refractivity contribution in [1.29, 1.82) is 0 Å². The van der Waals surface area contributed by atoms with Crippen LogP contribution in [0.25, 0.3) is 10.8 Å². The maximum Gasteiger partial charge on any atom is 0.261 e. The normalized spacial score (nSPS) is 16.2. The summed E-state index contributed by atoms with van der Waals surface area (Å²) in [5.41, 5.74) is -0.189. The molecule has 0 radical (unpaired) electrons. The largest absolute Gasteiger partial charge is 0.367 e. The van der Waals surface area contributed by atoms with Crippen molar-refractivity contribution >= 4 is 28.2 Å². The zero-order valence-corrected chi connectivity index (χ0v) is 13.5.